The highest BCUT2D eigenvalue weighted by molar-refractivity contribution is 5.27. The van der Waals surface area contributed by atoms with Crippen LogP contribution in [0.4, 0.5) is 0 Å². The zero-order valence-corrected chi connectivity index (χ0v) is 15.0. The van der Waals surface area contributed by atoms with E-state index in [1.807, 2.05) is 0 Å². The standard InChI is InChI=1S/C20H33N3/c1-18(2)23-15-13-21(14-16-23)11-6-12-22-10-5-9-19-7-3-4-8-20(19)17-22/h3-4,7-8,18H,5-6,9-17H2,1-2H3. The lowest BCUT2D eigenvalue weighted by Gasteiger charge is -2.37. The summed E-state index contributed by atoms with van der Waals surface area (Å²) in [6, 6.07) is 9.71. The normalized spacial score (nSPS) is 21.3. The number of rotatable bonds is 5. The van der Waals surface area contributed by atoms with E-state index in [1.54, 1.807) is 11.1 Å². The monoisotopic (exact) mass is 315 g/mol. The maximum absolute atomic E-state index is 2.66. The van der Waals surface area contributed by atoms with Gasteiger partial charge >= 0.3 is 0 Å². The lowest BCUT2D eigenvalue weighted by Crippen LogP contribution is -2.49. The van der Waals surface area contributed by atoms with Crippen molar-refractivity contribution in [3.63, 3.8) is 0 Å². The first kappa shape index (κ1) is 16.9. The van der Waals surface area contributed by atoms with Crippen LogP contribution in [0.15, 0.2) is 24.3 Å². The Labute approximate surface area is 142 Å². The topological polar surface area (TPSA) is 9.72 Å². The summed E-state index contributed by atoms with van der Waals surface area (Å²) in [5.74, 6) is 0. The van der Waals surface area contributed by atoms with Gasteiger partial charge in [-0.1, -0.05) is 24.3 Å². The van der Waals surface area contributed by atoms with Crippen molar-refractivity contribution in [2.24, 2.45) is 0 Å². The van der Waals surface area contributed by atoms with Gasteiger partial charge in [0.2, 0.25) is 0 Å². The first-order chi connectivity index (χ1) is 11.2. The predicted octanol–water partition coefficient (Wildman–Crippen LogP) is 2.85. The van der Waals surface area contributed by atoms with E-state index < -0.39 is 0 Å². The Hall–Kier alpha value is -0.900. The van der Waals surface area contributed by atoms with Gasteiger partial charge < -0.3 is 4.90 Å². The van der Waals surface area contributed by atoms with Crippen LogP contribution in [0.25, 0.3) is 0 Å². The van der Waals surface area contributed by atoms with Gasteiger partial charge in [0.05, 0.1) is 0 Å². The predicted molar refractivity (Wildman–Crippen MR) is 97.8 cm³/mol. The summed E-state index contributed by atoms with van der Waals surface area (Å²) in [6.45, 7) is 14.5. The number of aryl methyl sites for hydroxylation is 1. The van der Waals surface area contributed by atoms with Crippen LogP contribution in [0.2, 0.25) is 0 Å². The first-order valence-electron chi connectivity index (χ1n) is 9.48. The SMILES string of the molecule is CC(C)N1CCN(CCCN2CCCc3ccccc3C2)CC1. The zero-order valence-electron chi connectivity index (χ0n) is 15.0. The van der Waals surface area contributed by atoms with E-state index in [9.17, 15) is 0 Å². The fraction of sp³-hybridized carbons (Fsp3) is 0.700. The van der Waals surface area contributed by atoms with E-state index in [2.05, 4.69) is 52.8 Å². The maximum Gasteiger partial charge on any atom is 0.0236 e. The van der Waals surface area contributed by atoms with Crippen LogP contribution in [-0.2, 0) is 13.0 Å². The molecule has 0 aromatic heterocycles. The molecule has 2 heterocycles. The molecule has 128 valence electrons. The van der Waals surface area contributed by atoms with Gasteiger partial charge in [-0.3, -0.25) is 9.80 Å². The number of hydrogen-bond acceptors (Lipinski definition) is 3. The third-order valence-electron chi connectivity index (χ3n) is 5.52. The summed E-state index contributed by atoms with van der Waals surface area (Å²) in [7, 11) is 0. The lowest BCUT2D eigenvalue weighted by molar-refractivity contribution is 0.104. The average Bonchev–Trinajstić information content (AvgIpc) is 2.77. The van der Waals surface area contributed by atoms with Crippen LogP contribution >= 0.6 is 0 Å². The highest BCUT2D eigenvalue weighted by Crippen LogP contribution is 2.18. The highest BCUT2D eigenvalue weighted by Gasteiger charge is 2.19. The maximum atomic E-state index is 2.66. The highest BCUT2D eigenvalue weighted by atomic mass is 15.3. The minimum atomic E-state index is 0.703. The van der Waals surface area contributed by atoms with Crippen molar-refractivity contribution < 1.29 is 0 Å². The van der Waals surface area contributed by atoms with Gasteiger partial charge in [-0.2, -0.15) is 0 Å². The van der Waals surface area contributed by atoms with E-state index in [-0.39, 0.29) is 0 Å². The summed E-state index contributed by atoms with van der Waals surface area (Å²) in [5, 5.41) is 0. The minimum absolute atomic E-state index is 0.703. The largest absolute Gasteiger partial charge is 0.301 e. The van der Waals surface area contributed by atoms with E-state index in [4.69, 9.17) is 0 Å². The van der Waals surface area contributed by atoms with E-state index >= 15 is 0 Å². The molecule has 3 nitrogen and oxygen atoms in total. The van der Waals surface area contributed by atoms with Crippen molar-refractivity contribution in [1.29, 1.82) is 0 Å². The van der Waals surface area contributed by atoms with Gasteiger partial charge in [0.25, 0.3) is 0 Å². The molecule has 3 heteroatoms. The van der Waals surface area contributed by atoms with Crippen molar-refractivity contribution in [3.8, 4) is 0 Å². The fourth-order valence-electron chi connectivity index (χ4n) is 3.98. The summed E-state index contributed by atoms with van der Waals surface area (Å²) < 4.78 is 0. The Kier molecular flexibility index (Phi) is 6.09. The number of fused-ring (bicyclic) bond motifs is 1. The lowest BCUT2D eigenvalue weighted by atomic mass is 10.0. The quantitative estimate of drug-likeness (QED) is 0.827. The van der Waals surface area contributed by atoms with Crippen molar-refractivity contribution in [1.82, 2.24) is 14.7 Å². The smallest absolute Gasteiger partial charge is 0.0236 e. The number of hydrogen-bond donors (Lipinski definition) is 0. The molecule has 0 unspecified atom stereocenters. The third-order valence-corrected chi connectivity index (χ3v) is 5.52. The van der Waals surface area contributed by atoms with E-state index in [1.165, 1.54) is 65.1 Å². The molecule has 1 fully saturated rings. The second-order valence-electron chi connectivity index (χ2n) is 7.47. The Morgan fingerprint density at radius 3 is 2.30 bits per heavy atom. The van der Waals surface area contributed by atoms with E-state index in [0.29, 0.717) is 6.04 Å². The number of nitrogens with zero attached hydrogens (tertiary/aromatic N) is 3. The summed E-state index contributed by atoms with van der Waals surface area (Å²) >= 11 is 0. The molecular weight excluding hydrogens is 282 g/mol. The van der Waals surface area contributed by atoms with Crippen LogP contribution in [0.3, 0.4) is 0 Å². The molecule has 2 aliphatic heterocycles. The van der Waals surface area contributed by atoms with Crippen LogP contribution in [0.5, 0.6) is 0 Å². The molecule has 1 saturated heterocycles. The molecule has 0 aliphatic carbocycles. The summed E-state index contributed by atoms with van der Waals surface area (Å²) in [5.41, 5.74) is 3.12. The molecule has 0 bridgehead atoms. The Morgan fingerprint density at radius 2 is 1.57 bits per heavy atom. The summed E-state index contributed by atoms with van der Waals surface area (Å²) in [6.07, 6.45) is 3.87. The minimum Gasteiger partial charge on any atom is -0.301 e. The van der Waals surface area contributed by atoms with Gasteiger partial charge in [-0.15, -0.1) is 0 Å². The Morgan fingerprint density at radius 1 is 0.870 bits per heavy atom. The molecule has 2 aliphatic rings. The fourth-order valence-corrected chi connectivity index (χ4v) is 3.98. The second-order valence-corrected chi connectivity index (χ2v) is 7.47. The second kappa shape index (κ2) is 8.27. The molecule has 3 rings (SSSR count). The molecule has 1 aromatic carbocycles. The van der Waals surface area contributed by atoms with Crippen LogP contribution in [0.1, 0.15) is 37.8 Å². The van der Waals surface area contributed by atoms with Gasteiger partial charge in [0.1, 0.15) is 0 Å². The van der Waals surface area contributed by atoms with Gasteiger partial charge in [-0.25, -0.2) is 0 Å². The van der Waals surface area contributed by atoms with Gasteiger partial charge in [0, 0.05) is 38.8 Å². The van der Waals surface area contributed by atoms with Gasteiger partial charge in [-0.05, 0) is 63.9 Å². The molecular formula is C20H33N3. The van der Waals surface area contributed by atoms with Crippen molar-refractivity contribution >= 4 is 0 Å². The van der Waals surface area contributed by atoms with Crippen LogP contribution in [-0.4, -0.2) is 66.6 Å². The third kappa shape index (κ3) is 4.79. The average molecular weight is 316 g/mol. The van der Waals surface area contributed by atoms with Crippen molar-refractivity contribution in [3.05, 3.63) is 35.4 Å². The van der Waals surface area contributed by atoms with Crippen LogP contribution in [0, 0.1) is 0 Å². The van der Waals surface area contributed by atoms with Crippen LogP contribution < -0.4 is 0 Å². The molecule has 23 heavy (non-hydrogen) atoms. The molecule has 0 atom stereocenters. The molecule has 0 spiro atoms. The molecule has 0 N–H and O–H groups in total. The Balaban J connectivity index is 1.40. The summed E-state index contributed by atoms with van der Waals surface area (Å²) in [4.78, 5) is 7.92. The molecule has 0 amide bonds. The zero-order chi connectivity index (χ0) is 16.1. The first-order valence-corrected chi connectivity index (χ1v) is 9.48. The van der Waals surface area contributed by atoms with Crippen molar-refractivity contribution in [2.45, 2.75) is 45.7 Å². The Bertz CT molecular complexity index is 478. The van der Waals surface area contributed by atoms with E-state index in [0.717, 1.165) is 6.54 Å². The van der Waals surface area contributed by atoms with Gasteiger partial charge in [0.15, 0.2) is 0 Å². The number of piperazine rings is 1. The van der Waals surface area contributed by atoms with Crippen molar-refractivity contribution in [2.75, 3.05) is 45.8 Å². The molecule has 0 saturated carbocycles. The molecule has 1 aromatic rings. The molecule has 0 radical (unpaired) electrons. The number of benzene rings is 1.